The fourth-order valence-electron chi connectivity index (χ4n) is 2.03. The molecule has 18 heavy (non-hydrogen) atoms. The Labute approximate surface area is 130 Å². The number of aliphatic imine (C=N–C) groups is 1. The molecule has 0 bridgehead atoms. The predicted octanol–water partition coefficient (Wildman–Crippen LogP) is 2.41. The topological polar surface area (TPSA) is 54.5 Å². The minimum Gasteiger partial charge on any atom is -0.370 e. The van der Waals surface area contributed by atoms with E-state index in [1.807, 2.05) is 6.92 Å². The molecule has 1 aromatic heterocycles. The molecule has 0 aliphatic carbocycles. The van der Waals surface area contributed by atoms with E-state index in [2.05, 4.69) is 20.3 Å². The second kappa shape index (κ2) is 7.93. The first kappa shape index (κ1) is 15.7. The first-order valence-electron chi connectivity index (χ1n) is 6.21. The van der Waals surface area contributed by atoms with Crippen LogP contribution >= 0.6 is 35.3 Å². The highest BCUT2D eigenvalue weighted by Gasteiger charge is 2.11. The van der Waals surface area contributed by atoms with Gasteiger partial charge in [-0.1, -0.05) is 0 Å². The van der Waals surface area contributed by atoms with Crippen LogP contribution in [0.15, 0.2) is 10.4 Å². The lowest BCUT2D eigenvalue weighted by atomic mass is 10.1. The fourth-order valence-corrected chi connectivity index (χ4v) is 2.68. The Bertz CT molecular complexity index is 385. The maximum Gasteiger partial charge on any atom is 0.191 e. The number of nitrogens with zero attached hydrogens (tertiary/aromatic N) is 3. The van der Waals surface area contributed by atoms with Crippen molar-refractivity contribution in [3.63, 3.8) is 0 Å². The van der Waals surface area contributed by atoms with Crippen molar-refractivity contribution in [2.24, 2.45) is 10.7 Å². The number of likely N-dealkylation sites (tertiary alicyclic amines) is 1. The zero-order chi connectivity index (χ0) is 12.1. The van der Waals surface area contributed by atoms with Crippen LogP contribution in [0.5, 0.6) is 0 Å². The van der Waals surface area contributed by atoms with Crippen LogP contribution < -0.4 is 5.73 Å². The van der Waals surface area contributed by atoms with Gasteiger partial charge in [-0.05, 0) is 26.2 Å². The molecule has 0 spiro atoms. The molecule has 0 saturated carbocycles. The molecule has 6 heteroatoms. The van der Waals surface area contributed by atoms with E-state index in [9.17, 15) is 0 Å². The van der Waals surface area contributed by atoms with E-state index in [0.29, 0.717) is 5.96 Å². The van der Waals surface area contributed by atoms with Crippen LogP contribution in [0.2, 0.25) is 0 Å². The third-order valence-electron chi connectivity index (χ3n) is 2.99. The molecule has 1 aliphatic heterocycles. The summed E-state index contributed by atoms with van der Waals surface area (Å²) in [5, 5.41) is 3.22. The number of piperidine rings is 1. The van der Waals surface area contributed by atoms with Crippen molar-refractivity contribution >= 4 is 41.3 Å². The van der Waals surface area contributed by atoms with E-state index in [1.54, 1.807) is 11.3 Å². The van der Waals surface area contributed by atoms with Crippen molar-refractivity contribution in [3.8, 4) is 0 Å². The standard InChI is InChI=1S/C12H20N4S.HI/c1-10-15-11(9-17-10)5-6-14-12(13)16-7-3-2-4-8-16;/h9H,2-8H2,1H3,(H2,13,14);1H. The Balaban J connectivity index is 0.00000162. The molecule has 0 radical (unpaired) electrons. The molecular weight excluding hydrogens is 359 g/mol. The van der Waals surface area contributed by atoms with E-state index < -0.39 is 0 Å². The minimum atomic E-state index is 0. The summed E-state index contributed by atoms with van der Waals surface area (Å²) in [5.41, 5.74) is 7.10. The summed E-state index contributed by atoms with van der Waals surface area (Å²) < 4.78 is 0. The smallest absolute Gasteiger partial charge is 0.191 e. The van der Waals surface area contributed by atoms with E-state index >= 15 is 0 Å². The number of hydrogen-bond donors (Lipinski definition) is 1. The van der Waals surface area contributed by atoms with Crippen molar-refractivity contribution in [3.05, 3.63) is 16.1 Å². The van der Waals surface area contributed by atoms with Gasteiger partial charge >= 0.3 is 0 Å². The molecule has 1 aromatic rings. The zero-order valence-corrected chi connectivity index (χ0v) is 13.9. The summed E-state index contributed by atoms with van der Waals surface area (Å²) in [6, 6.07) is 0. The molecule has 0 atom stereocenters. The maximum atomic E-state index is 5.98. The van der Waals surface area contributed by atoms with Crippen molar-refractivity contribution in [2.75, 3.05) is 19.6 Å². The predicted molar refractivity (Wildman–Crippen MR) is 87.9 cm³/mol. The first-order valence-corrected chi connectivity index (χ1v) is 7.09. The number of guanidine groups is 1. The molecule has 4 nitrogen and oxygen atoms in total. The monoisotopic (exact) mass is 380 g/mol. The number of hydrogen-bond acceptors (Lipinski definition) is 3. The van der Waals surface area contributed by atoms with Crippen molar-refractivity contribution < 1.29 is 0 Å². The highest BCUT2D eigenvalue weighted by atomic mass is 127. The first-order chi connectivity index (χ1) is 8.25. The van der Waals surface area contributed by atoms with Crippen LogP contribution in [0.4, 0.5) is 0 Å². The highest BCUT2D eigenvalue weighted by Crippen LogP contribution is 2.09. The number of aromatic nitrogens is 1. The largest absolute Gasteiger partial charge is 0.370 e. The van der Waals surface area contributed by atoms with Crippen LogP contribution in [0, 0.1) is 6.92 Å². The summed E-state index contributed by atoms with van der Waals surface area (Å²) in [4.78, 5) is 11.0. The normalized spacial score (nSPS) is 16.5. The van der Waals surface area contributed by atoms with Crippen molar-refractivity contribution in [1.29, 1.82) is 0 Å². The summed E-state index contributed by atoms with van der Waals surface area (Å²) in [5.74, 6) is 0.705. The molecule has 0 amide bonds. The van der Waals surface area contributed by atoms with Gasteiger partial charge in [0, 0.05) is 31.4 Å². The minimum absolute atomic E-state index is 0. The Morgan fingerprint density at radius 3 is 2.78 bits per heavy atom. The number of rotatable bonds is 3. The van der Waals surface area contributed by atoms with Crippen molar-refractivity contribution in [2.45, 2.75) is 32.6 Å². The SMILES string of the molecule is Cc1nc(CCN=C(N)N2CCCCC2)cs1.I. The van der Waals surface area contributed by atoms with E-state index in [4.69, 9.17) is 5.73 Å². The zero-order valence-electron chi connectivity index (χ0n) is 10.8. The van der Waals surface area contributed by atoms with E-state index in [1.165, 1.54) is 19.3 Å². The quantitative estimate of drug-likeness (QED) is 0.498. The Morgan fingerprint density at radius 2 is 2.17 bits per heavy atom. The van der Waals surface area contributed by atoms with Crippen molar-refractivity contribution in [1.82, 2.24) is 9.88 Å². The Morgan fingerprint density at radius 1 is 1.44 bits per heavy atom. The van der Waals surface area contributed by atoms with Crippen LogP contribution in [0.25, 0.3) is 0 Å². The van der Waals surface area contributed by atoms with Gasteiger partial charge in [0.1, 0.15) is 0 Å². The van der Waals surface area contributed by atoms with Gasteiger partial charge in [-0.15, -0.1) is 35.3 Å². The summed E-state index contributed by atoms with van der Waals surface area (Å²) >= 11 is 1.69. The van der Waals surface area contributed by atoms with Gasteiger partial charge in [-0.3, -0.25) is 4.99 Å². The van der Waals surface area contributed by atoms with E-state index in [0.717, 1.165) is 36.8 Å². The molecule has 0 aromatic carbocycles. The van der Waals surface area contributed by atoms with E-state index in [-0.39, 0.29) is 24.0 Å². The average molecular weight is 380 g/mol. The number of aryl methyl sites for hydroxylation is 1. The van der Waals surface area contributed by atoms with Gasteiger partial charge in [0.05, 0.1) is 10.7 Å². The molecule has 2 rings (SSSR count). The Hall–Kier alpha value is -0.370. The van der Waals surface area contributed by atoms with Gasteiger partial charge in [-0.25, -0.2) is 4.98 Å². The summed E-state index contributed by atoms with van der Waals surface area (Å²) in [6.07, 6.45) is 4.68. The van der Waals surface area contributed by atoms with Crippen LogP contribution in [-0.4, -0.2) is 35.5 Å². The fraction of sp³-hybridized carbons (Fsp3) is 0.667. The number of halogens is 1. The summed E-state index contributed by atoms with van der Waals surface area (Å²) in [7, 11) is 0. The molecular formula is C12H21IN4S. The summed E-state index contributed by atoms with van der Waals surface area (Å²) in [6.45, 7) is 4.89. The lowest BCUT2D eigenvalue weighted by Gasteiger charge is -2.27. The molecule has 1 fully saturated rings. The van der Waals surface area contributed by atoms with Gasteiger partial charge in [0.15, 0.2) is 5.96 Å². The van der Waals surface area contributed by atoms with Gasteiger partial charge < -0.3 is 10.6 Å². The van der Waals surface area contributed by atoms with Crippen LogP contribution in [-0.2, 0) is 6.42 Å². The van der Waals surface area contributed by atoms with Gasteiger partial charge in [-0.2, -0.15) is 0 Å². The second-order valence-electron chi connectivity index (χ2n) is 4.40. The molecule has 2 heterocycles. The third kappa shape index (κ3) is 4.72. The maximum absolute atomic E-state index is 5.98. The number of nitrogens with two attached hydrogens (primary N) is 1. The lowest BCUT2D eigenvalue weighted by Crippen LogP contribution is -2.41. The molecule has 0 unspecified atom stereocenters. The Kier molecular flexibility index (Phi) is 6.91. The average Bonchev–Trinajstić information content (AvgIpc) is 2.76. The second-order valence-corrected chi connectivity index (χ2v) is 5.46. The molecule has 2 N–H and O–H groups in total. The molecule has 1 saturated heterocycles. The van der Waals surface area contributed by atoms with Gasteiger partial charge in [0.2, 0.25) is 0 Å². The third-order valence-corrected chi connectivity index (χ3v) is 3.81. The van der Waals surface area contributed by atoms with Gasteiger partial charge in [0.25, 0.3) is 0 Å². The molecule has 1 aliphatic rings. The molecule has 102 valence electrons. The highest BCUT2D eigenvalue weighted by molar-refractivity contribution is 14.0. The van der Waals surface area contributed by atoms with Crippen LogP contribution in [0.3, 0.4) is 0 Å². The number of thiazole rings is 1. The van der Waals surface area contributed by atoms with Crippen LogP contribution in [0.1, 0.15) is 30.0 Å². The lowest BCUT2D eigenvalue weighted by molar-refractivity contribution is 0.338.